The van der Waals surface area contributed by atoms with Gasteiger partial charge >= 0.3 is 5.97 Å². The summed E-state index contributed by atoms with van der Waals surface area (Å²) in [6, 6.07) is 12.0. The van der Waals surface area contributed by atoms with Crippen LogP contribution in [0.2, 0.25) is 0 Å². The average Bonchev–Trinajstić information content (AvgIpc) is 3.19. The van der Waals surface area contributed by atoms with Crippen molar-refractivity contribution in [2.75, 3.05) is 26.9 Å². The molecule has 0 unspecified atom stereocenters. The van der Waals surface area contributed by atoms with Crippen molar-refractivity contribution in [1.29, 1.82) is 5.26 Å². The summed E-state index contributed by atoms with van der Waals surface area (Å²) in [6.07, 6.45) is 2.06. The number of nitriles is 1. The number of benzene rings is 1. The maximum atomic E-state index is 12.1. The van der Waals surface area contributed by atoms with Gasteiger partial charge in [-0.05, 0) is 37.6 Å². The summed E-state index contributed by atoms with van der Waals surface area (Å²) in [6.45, 7) is 3.51. The van der Waals surface area contributed by atoms with Gasteiger partial charge in [0.1, 0.15) is 23.2 Å². The fraction of sp³-hybridized carbons (Fsp3) is 0.286. The summed E-state index contributed by atoms with van der Waals surface area (Å²) >= 11 is 0. The quantitative estimate of drug-likeness (QED) is 0.309. The highest BCUT2D eigenvalue weighted by atomic mass is 16.5. The van der Waals surface area contributed by atoms with E-state index in [0.29, 0.717) is 43.3 Å². The second-order valence-corrected chi connectivity index (χ2v) is 5.75. The van der Waals surface area contributed by atoms with E-state index in [4.69, 9.17) is 9.15 Å². The lowest BCUT2D eigenvalue weighted by molar-refractivity contribution is -0.117. The number of carbonyl (C=O) groups excluding carboxylic acids is 2. The number of carbonyl (C=O) groups is 2. The van der Waals surface area contributed by atoms with Gasteiger partial charge in [0.25, 0.3) is 5.91 Å². The molecular weight excluding hydrogens is 360 g/mol. The van der Waals surface area contributed by atoms with Gasteiger partial charge in [0.15, 0.2) is 0 Å². The van der Waals surface area contributed by atoms with Crippen LogP contribution in [0, 0.1) is 11.3 Å². The number of hydrogen-bond donors (Lipinski definition) is 1. The Bertz CT molecular complexity index is 875. The molecule has 1 aromatic heterocycles. The number of rotatable bonds is 9. The highest BCUT2D eigenvalue weighted by Crippen LogP contribution is 2.24. The number of esters is 1. The molecular formula is C21H22N2O5. The summed E-state index contributed by atoms with van der Waals surface area (Å²) in [5.74, 6) is 0.0602. The van der Waals surface area contributed by atoms with Gasteiger partial charge in [0, 0.05) is 31.4 Å². The smallest absolute Gasteiger partial charge is 0.337 e. The third-order valence-electron chi connectivity index (χ3n) is 3.82. The summed E-state index contributed by atoms with van der Waals surface area (Å²) in [5.41, 5.74) is 1.15. The Hall–Kier alpha value is -3.37. The minimum absolute atomic E-state index is 0.0432. The van der Waals surface area contributed by atoms with Crippen molar-refractivity contribution >= 4 is 18.0 Å². The highest BCUT2D eigenvalue weighted by molar-refractivity contribution is 6.01. The van der Waals surface area contributed by atoms with Crippen LogP contribution in [-0.4, -0.2) is 38.7 Å². The van der Waals surface area contributed by atoms with Gasteiger partial charge in [-0.15, -0.1) is 0 Å². The lowest BCUT2D eigenvalue weighted by Gasteiger charge is -2.04. The van der Waals surface area contributed by atoms with E-state index in [0.717, 1.165) is 5.56 Å². The zero-order valence-electron chi connectivity index (χ0n) is 15.9. The van der Waals surface area contributed by atoms with Crippen molar-refractivity contribution in [3.8, 4) is 17.4 Å². The molecule has 0 aliphatic carbocycles. The number of ether oxygens (including phenoxy) is 2. The predicted octanol–water partition coefficient (Wildman–Crippen LogP) is 3.18. The van der Waals surface area contributed by atoms with Crippen molar-refractivity contribution < 1.29 is 23.5 Å². The molecule has 0 saturated carbocycles. The third kappa shape index (κ3) is 5.83. The second kappa shape index (κ2) is 10.7. The van der Waals surface area contributed by atoms with E-state index in [1.807, 2.05) is 13.0 Å². The van der Waals surface area contributed by atoms with E-state index in [2.05, 4.69) is 10.1 Å². The maximum absolute atomic E-state index is 12.1. The van der Waals surface area contributed by atoms with Gasteiger partial charge in [0.2, 0.25) is 0 Å². The lowest BCUT2D eigenvalue weighted by atomic mass is 10.1. The van der Waals surface area contributed by atoms with Gasteiger partial charge in [-0.25, -0.2) is 4.79 Å². The molecule has 0 fully saturated rings. The van der Waals surface area contributed by atoms with Crippen LogP contribution in [0.15, 0.2) is 46.4 Å². The second-order valence-electron chi connectivity index (χ2n) is 5.75. The molecule has 0 saturated heterocycles. The molecule has 1 N–H and O–H groups in total. The van der Waals surface area contributed by atoms with Crippen molar-refractivity contribution in [2.24, 2.45) is 0 Å². The van der Waals surface area contributed by atoms with Crippen LogP contribution in [-0.2, 0) is 14.3 Å². The fourth-order valence-electron chi connectivity index (χ4n) is 2.38. The van der Waals surface area contributed by atoms with E-state index < -0.39 is 11.9 Å². The number of furan rings is 1. The number of methoxy groups -OCH3 is 1. The highest BCUT2D eigenvalue weighted by Gasteiger charge is 2.11. The van der Waals surface area contributed by atoms with Crippen LogP contribution in [0.25, 0.3) is 17.4 Å². The van der Waals surface area contributed by atoms with Gasteiger partial charge < -0.3 is 19.2 Å². The largest absolute Gasteiger partial charge is 0.465 e. The summed E-state index contributed by atoms with van der Waals surface area (Å²) in [4.78, 5) is 23.6. The first-order valence-electron chi connectivity index (χ1n) is 8.85. The molecule has 0 spiro atoms. The Morgan fingerprint density at radius 2 is 1.96 bits per heavy atom. The summed E-state index contributed by atoms with van der Waals surface area (Å²) in [7, 11) is 1.32. The lowest BCUT2D eigenvalue weighted by Crippen LogP contribution is -2.26. The molecule has 0 bridgehead atoms. The number of nitrogens with zero attached hydrogens (tertiary/aromatic N) is 1. The zero-order chi connectivity index (χ0) is 20.4. The van der Waals surface area contributed by atoms with Crippen LogP contribution in [0.4, 0.5) is 0 Å². The normalized spacial score (nSPS) is 11.0. The first-order valence-corrected chi connectivity index (χ1v) is 8.85. The predicted molar refractivity (Wildman–Crippen MR) is 103 cm³/mol. The molecule has 7 nitrogen and oxygen atoms in total. The van der Waals surface area contributed by atoms with Crippen molar-refractivity contribution in [3.05, 3.63) is 53.3 Å². The Kier molecular flexibility index (Phi) is 8.00. The molecule has 0 radical (unpaired) electrons. The standard InChI is InChI=1S/C21H22N2O5/c1-3-27-12-4-11-23-20(24)17(14-22)13-18-9-10-19(28-18)15-5-7-16(8-6-15)21(25)26-2/h5-10,13H,3-4,11-12H2,1-2H3,(H,23,24)/b17-13+. The Morgan fingerprint density at radius 1 is 1.21 bits per heavy atom. The Morgan fingerprint density at radius 3 is 2.61 bits per heavy atom. The number of hydrogen-bond acceptors (Lipinski definition) is 6. The van der Waals surface area contributed by atoms with E-state index in [9.17, 15) is 14.9 Å². The van der Waals surface area contributed by atoms with Crippen LogP contribution in [0.3, 0.4) is 0 Å². The Labute approximate surface area is 163 Å². The Balaban J connectivity index is 2.04. The van der Waals surface area contributed by atoms with Gasteiger partial charge in [0.05, 0.1) is 12.7 Å². The first-order chi connectivity index (χ1) is 13.6. The van der Waals surface area contributed by atoms with E-state index in [1.165, 1.54) is 13.2 Å². The summed E-state index contributed by atoms with van der Waals surface area (Å²) < 4.78 is 15.6. The minimum atomic E-state index is -0.459. The topological polar surface area (TPSA) is 102 Å². The SMILES string of the molecule is CCOCCCNC(=O)/C(C#N)=C/c1ccc(-c2ccc(C(=O)OC)cc2)o1. The third-order valence-corrected chi connectivity index (χ3v) is 3.82. The van der Waals surface area contributed by atoms with Crippen LogP contribution in [0.5, 0.6) is 0 Å². The zero-order valence-corrected chi connectivity index (χ0v) is 15.9. The molecule has 2 rings (SSSR count). The van der Waals surface area contributed by atoms with Gasteiger partial charge in [-0.1, -0.05) is 12.1 Å². The minimum Gasteiger partial charge on any atom is -0.465 e. The molecule has 1 amide bonds. The molecule has 1 aromatic carbocycles. The molecule has 7 heteroatoms. The van der Waals surface area contributed by atoms with E-state index in [-0.39, 0.29) is 5.57 Å². The van der Waals surface area contributed by atoms with E-state index in [1.54, 1.807) is 36.4 Å². The van der Waals surface area contributed by atoms with E-state index >= 15 is 0 Å². The molecule has 28 heavy (non-hydrogen) atoms. The molecule has 0 atom stereocenters. The first kappa shape index (κ1) is 20.9. The van der Waals surface area contributed by atoms with Crippen LogP contribution >= 0.6 is 0 Å². The van der Waals surface area contributed by atoms with Crippen molar-refractivity contribution in [3.63, 3.8) is 0 Å². The molecule has 2 aromatic rings. The molecule has 0 aliphatic rings. The average molecular weight is 382 g/mol. The van der Waals surface area contributed by atoms with Gasteiger partial charge in [-0.3, -0.25) is 4.79 Å². The van der Waals surface area contributed by atoms with Crippen molar-refractivity contribution in [2.45, 2.75) is 13.3 Å². The number of amides is 1. The van der Waals surface area contributed by atoms with Crippen LogP contribution < -0.4 is 5.32 Å². The fourth-order valence-corrected chi connectivity index (χ4v) is 2.38. The molecule has 0 aliphatic heterocycles. The number of nitrogens with one attached hydrogen (secondary N) is 1. The maximum Gasteiger partial charge on any atom is 0.337 e. The monoisotopic (exact) mass is 382 g/mol. The molecule has 146 valence electrons. The summed E-state index contributed by atoms with van der Waals surface area (Å²) in [5, 5.41) is 11.9. The molecule has 1 heterocycles. The van der Waals surface area contributed by atoms with Crippen molar-refractivity contribution in [1.82, 2.24) is 5.32 Å². The van der Waals surface area contributed by atoms with Gasteiger partial charge in [-0.2, -0.15) is 5.26 Å². The van der Waals surface area contributed by atoms with Crippen LogP contribution in [0.1, 0.15) is 29.5 Å².